The lowest BCUT2D eigenvalue weighted by Crippen LogP contribution is -2.50. The summed E-state index contributed by atoms with van der Waals surface area (Å²) in [6.07, 6.45) is 7.92. The van der Waals surface area contributed by atoms with Crippen LogP contribution in [-0.4, -0.2) is 47.7 Å². The molecule has 0 radical (unpaired) electrons. The summed E-state index contributed by atoms with van der Waals surface area (Å²) >= 11 is 0. The summed E-state index contributed by atoms with van der Waals surface area (Å²) in [5.41, 5.74) is 0. The normalized spacial score (nSPS) is 12.7. The van der Waals surface area contributed by atoms with E-state index in [4.69, 9.17) is 9.84 Å². The first-order chi connectivity index (χ1) is 13.3. The molecule has 0 aromatic heterocycles. The van der Waals surface area contributed by atoms with E-state index >= 15 is 0 Å². The molecule has 0 aliphatic carbocycles. The van der Waals surface area contributed by atoms with Crippen molar-refractivity contribution < 1.29 is 33.8 Å². The maximum absolute atomic E-state index is 12.2. The second-order valence-corrected chi connectivity index (χ2v) is 6.87. The molecular formula is C20H35NO7. The van der Waals surface area contributed by atoms with E-state index in [-0.39, 0.29) is 0 Å². The standard InChI is InChI=1S/C20H35NO7/c1-4-5-6-7-8-9-10-11-12-13-14-21-19(24)17(27-15(2)22)18(20(25)26)28-16(3)23/h17-18H,4-14H2,1-3H3,(H,21,24)(H,25,26)/t17-,18-/m1/s1. The van der Waals surface area contributed by atoms with E-state index in [0.29, 0.717) is 6.54 Å². The van der Waals surface area contributed by atoms with Gasteiger partial charge in [-0.2, -0.15) is 0 Å². The van der Waals surface area contributed by atoms with Gasteiger partial charge in [0, 0.05) is 20.4 Å². The van der Waals surface area contributed by atoms with Gasteiger partial charge in [-0.05, 0) is 6.42 Å². The van der Waals surface area contributed by atoms with E-state index in [9.17, 15) is 19.2 Å². The van der Waals surface area contributed by atoms with Gasteiger partial charge < -0.3 is 19.9 Å². The van der Waals surface area contributed by atoms with Gasteiger partial charge in [-0.25, -0.2) is 4.79 Å². The number of aliphatic carboxylic acids is 1. The van der Waals surface area contributed by atoms with Crippen LogP contribution in [0.2, 0.25) is 0 Å². The third kappa shape index (κ3) is 13.1. The minimum absolute atomic E-state index is 0.333. The molecule has 0 rings (SSSR count). The topological polar surface area (TPSA) is 119 Å². The molecule has 8 heteroatoms. The monoisotopic (exact) mass is 401 g/mol. The Morgan fingerprint density at radius 1 is 0.750 bits per heavy atom. The number of hydrogen-bond donors (Lipinski definition) is 2. The fourth-order valence-corrected chi connectivity index (χ4v) is 2.78. The van der Waals surface area contributed by atoms with Gasteiger partial charge in [0.1, 0.15) is 0 Å². The van der Waals surface area contributed by atoms with E-state index < -0.39 is 36.0 Å². The predicted molar refractivity (Wildman–Crippen MR) is 104 cm³/mol. The molecule has 2 atom stereocenters. The minimum atomic E-state index is -1.88. The first kappa shape index (κ1) is 25.9. The largest absolute Gasteiger partial charge is 0.478 e. The molecule has 0 saturated carbocycles. The van der Waals surface area contributed by atoms with Gasteiger partial charge in [-0.3, -0.25) is 14.4 Å². The Morgan fingerprint density at radius 2 is 1.18 bits per heavy atom. The Bertz CT molecular complexity index is 493. The molecule has 0 aliphatic rings. The second-order valence-electron chi connectivity index (χ2n) is 6.87. The van der Waals surface area contributed by atoms with Crippen molar-refractivity contribution in [3.8, 4) is 0 Å². The average molecular weight is 402 g/mol. The Kier molecular flexibility index (Phi) is 14.7. The third-order valence-electron chi connectivity index (χ3n) is 4.19. The maximum atomic E-state index is 12.2. The highest BCUT2D eigenvalue weighted by atomic mass is 16.6. The van der Waals surface area contributed by atoms with E-state index in [1.54, 1.807) is 0 Å². The molecule has 0 aromatic rings. The van der Waals surface area contributed by atoms with Crippen LogP contribution in [0.5, 0.6) is 0 Å². The molecule has 2 N–H and O–H groups in total. The molecular weight excluding hydrogens is 366 g/mol. The Balaban J connectivity index is 4.19. The number of rotatable bonds is 16. The lowest BCUT2D eigenvalue weighted by Gasteiger charge is -2.22. The Hall–Kier alpha value is -2.12. The van der Waals surface area contributed by atoms with E-state index in [1.165, 1.54) is 38.5 Å². The number of carbonyl (C=O) groups is 4. The second kappa shape index (κ2) is 15.9. The van der Waals surface area contributed by atoms with Gasteiger partial charge in [0.25, 0.3) is 5.91 Å². The lowest BCUT2D eigenvalue weighted by atomic mass is 10.1. The number of esters is 2. The van der Waals surface area contributed by atoms with Gasteiger partial charge >= 0.3 is 17.9 Å². The summed E-state index contributed by atoms with van der Waals surface area (Å²) in [6, 6.07) is 0. The fourth-order valence-electron chi connectivity index (χ4n) is 2.78. The highest BCUT2D eigenvalue weighted by Gasteiger charge is 2.39. The van der Waals surface area contributed by atoms with Crippen molar-refractivity contribution in [2.45, 2.75) is 97.2 Å². The third-order valence-corrected chi connectivity index (χ3v) is 4.19. The van der Waals surface area contributed by atoms with E-state index in [2.05, 4.69) is 17.0 Å². The number of hydrogen-bond acceptors (Lipinski definition) is 6. The SMILES string of the molecule is CCCCCCCCCCCCNC(=O)[C@H](OC(C)=O)[C@@H](OC(C)=O)C(=O)O. The summed E-state index contributed by atoms with van der Waals surface area (Å²) < 4.78 is 9.40. The lowest BCUT2D eigenvalue weighted by molar-refractivity contribution is -0.180. The van der Waals surface area contributed by atoms with Gasteiger partial charge in [-0.15, -0.1) is 0 Å². The molecule has 0 fully saturated rings. The van der Waals surface area contributed by atoms with E-state index in [1.807, 2.05) is 0 Å². The molecule has 28 heavy (non-hydrogen) atoms. The van der Waals surface area contributed by atoms with Crippen molar-refractivity contribution >= 4 is 23.8 Å². The Morgan fingerprint density at radius 3 is 1.61 bits per heavy atom. The van der Waals surface area contributed by atoms with Crippen LogP contribution >= 0.6 is 0 Å². The van der Waals surface area contributed by atoms with Crippen LogP contribution in [0.25, 0.3) is 0 Å². The minimum Gasteiger partial charge on any atom is -0.478 e. The first-order valence-corrected chi connectivity index (χ1v) is 10.1. The van der Waals surface area contributed by atoms with Crippen LogP contribution in [0.3, 0.4) is 0 Å². The van der Waals surface area contributed by atoms with Gasteiger partial charge in [0.15, 0.2) is 0 Å². The summed E-state index contributed by atoms with van der Waals surface area (Å²) in [5, 5.41) is 11.7. The highest BCUT2D eigenvalue weighted by Crippen LogP contribution is 2.11. The van der Waals surface area contributed by atoms with E-state index in [0.717, 1.165) is 39.5 Å². The van der Waals surface area contributed by atoms with Gasteiger partial charge in [-0.1, -0.05) is 64.7 Å². The predicted octanol–water partition coefficient (Wildman–Crippen LogP) is 2.97. The first-order valence-electron chi connectivity index (χ1n) is 10.1. The van der Waals surface area contributed by atoms with Crippen LogP contribution < -0.4 is 5.32 Å². The highest BCUT2D eigenvalue weighted by molar-refractivity contribution is 5.90. The molecule has 0 bridgehead atoms. The zero-order valence-electron chi connectivity index (χ0n) is 17.3. The van der Waals surface area contributed by atoms with Crippen LogP contribution in [-0.2, 0) is 28.7 Å². The molecule has 0 saturated heterocycles. The zero-order valence-corrected chi connectivity index (χ0v) is 17.3. The average Bonchev–Trinajstić information content (AvgIpc) is 2.61. The van der Waals surface area contributed by atoms with Crippen molar-refractivity contribution in [2.24, 2.45) is 0 Å². The number of ether oxygens (including phenoxy) is 2. The molecule has 0 heterocycles. The van der Waals surface area contributed by atoms with Crippen molar-refractivity contribution in [3.63, 3.8) is 0 Å². The van der Waals surface area contributed by atoms with Crippen molar-refractivity contribution in [1.82, 2.24) is 5.32 Å². The van der Waals surface area contributed by atoms with Crippen LogP contribution in [0, 0.1) is 0 Å². The molecule has 0 aliphatic heterocycles. The molecule has 1 amide bonds. The number of amides is 1. The summed E-state index contributed by atoms with van der Waals surface area (Å²) in [6.45, 7) is 4.60. The maximum Gasteiger partial charge on any atom is 0.349 e. The quantitative estimate of drug-likeness (QED) is 0.301. The molecule has 0 spiro atoms. The molecule has 162 valence electrons. The number of carboxylic acid groups (broad SMARTS) is 1. The van der Waals surface area contributed by atoms with Crippen molar-refractivity contribution in [2.75, 3.05) is 6.54 Å². The molecule has 8 nitrogen and oxygen atoms in total. The van der Waals surface area contributed by atoms with Crippen LogP contribution in [0.15, 0.2) is 0 Å². The van der Waals surface area contributed by atoms with Crippen LogP contribution in [0.1, 0.15) is 85.0 Å². The summed E-state index contributed by atoms with van der Waals surface area (Å²) in [4.78, 5) is 45.8. The number of carboxylic acids is 1. The summed E-state index contributed by atoms with van der Waals surface area (Å²) in [7, 11) is 0. The zero-order chi connectivity index (χ0) is 21.4. The van der Waals surface area contributed by atoms with Crippen molar-refractivity contribution in [1.29, 1.82) is 0 Å². The Labute approximate surface area is 167 Å². The number of nitrogens with one attached hydrogen (secondary N) is 1. The van der Waals surface area contributed by atoms with Gasteiger partial charge in [0.2, 0.25) is 12.2 Å². The smallest absolute Gasteiger partial charge is 0.349 e. The molecule has 0 aromatic carbocycles. The number of unbranched alkanes of at least 4 members (excludes halogenated alkanes) is 9. The van der Waals surface area contributed by atoms with Gasteiger partial charge in [0.05, 0.1) is 0 Å². The fraction of sp³-hybridized carbons (Fsp3) is 0.800. The summed E-state index contributed by atoms with van der Waals surface area (Å²) in [5.74, 6) is -4.07. The van der Waals surface area contributed by atoms with Crippen LogP contribution in [0.4, 0.5) is 0 Å². The number of carbonyl (C=O) groups excluding carboxylic acids is 3. The molecule has 0 unspecified atom stereocenters. The van der Waals surface area contributed by atoms with Crippen molar-refractivity contribution in [3.05, 3.63) is 0 Å².